The summed E-state index contributed by atoms with van der Waals surface area (Å²) >= 11 is 0. The van der Waals surface area contributed by atoms with Crippen LogP contribution in [0.15, 0.2) is 36.4 Å². The maximum atomic E-state index is 11.5. The molecule has 1 N–H and O–H groups in total. The van der Waals surface area contributed by atoms with Gasteiger partial charge in [0.05, 0.1) is 12.7 Å². The molecule has 2 rings (SSSR count). The molecule has 0 radical (unpaired) electrons. The monoisotopic (exact) mass is 256 g/mol. The summed E-state index contributed by atoms with van der Waals surface area (Å²) in [5.41, 5.74) is 2.85. The molecule has 0 spiro atoms. The SMILES string of the molecule is COc1ccccc1-c1cc(C)c(C(C)=O)c(O)c1. The molecule has 0 aliphatic carbocycles. The Balaban J connectivity index is 2.62. The fourth-order valence-electron chi connectivity index (χ4n) is 2.27. The van der Waals surface area contributed by atoms with E-state index < -0.39 is 0 Å². The van der Waals surface area contributed by atoms with Crippen molar-refractivity contribution >= 4 is 5.78 Å². The van der Waals surface area contributed by atoms with E-state index in [1.165, 1.54) is 6.92 Å². The van der Waals surface area contributed by atoms with Crippen LogP contribution in [-0.2, 0) is 0 Å². The molecule has 0 saturated heterocycles. The average Bonchev–Trinajstić information content (AvgIpc) is 2.37. The number of Topliss-reactive ketones (excluding diaryl/α,β-unsaturated/α-hetero) is 1. The number of carbonyl (C=O) groups is 1. The maximum Gasteiger partial charge on any atom is 0.163 e. The van der Waals surface area contributed by atoms with E-state index in [1.807, 2.05) is 37.3 Å². The molecule has 0 fully saturated rings. The summed E-state index contributed by atoms with van der Waals surface area (Å²) in [4.78, 5) is 11.5. The van der Waals surface area contributed by atoms with Crippen LogP contribution >= 0.6 is 0 Å². The molecular formula is C16H16O3. The van der Waals surface area contributed by atoms with E-state index in [-0.39, 0.29) is 11.5 Å². The fraction of sp³-hybridized carbons (Fsp3) is 0.188. The van der Waals surface area contributed by atoms with Crippen molar-refractivity contribution in [2.45, 2.75) is 13.8 Å². The smallest absolute Gasteiger partial charge is 0.163 e. The van der Waals surface area contributed by atoms with Gasteiger partial charge < -0.3 is 9.84 Å². The van der Waals surface area contributed by atoms with Gasteiger partial charge in [0.15, 0.2) is 5.78 Å². The highest BCUT2D eigenvalue weighted by Crippen LogP contribution is 2.34. The van der Waals surface area contributed by atoms with Gasteiger partial charge in [-0.1, -0.05) is 24.3 Å². The minimum Gasteiger partial charge on any atom is -0.507 e. The molecule has 2 aromatic carbocycles. The predicted octanol–water partition coefficient (Wildman–Crippen LogP) is 3.58. The zero-order valence-corrected chi connectivity index (χ0v) is 11.2. The first-order valence-corrected chi connectivity index (χ1v) is 6.02. The number of benzene rings is 2. The molecule has 0 amide bonds. The second kappa shape index (κ2) is 5.14. The van der Waals surface area contributed by atoms with E-state index in [9.17, 15) is 9.90 Å². The number of methoxy groups -OCH3 is 1. The van der Waals surface area contributed by atoms with Gasteiger partial charge in [-0.3, -0.25) is 4.79 Å². The Kier molecular flexibility index (Phi) is 3.56. The van der Waals surface area contributed by atoms with Gasteiger partial charge >= 0.3 is 0 Å². The number of hydrogen-bond acceptors (Lipinski definition) is 3. The van der Waals surface area contributed by atoms with E-state index in [2.05, 4.69) is 0 Å². The van der Waals surface area contributed by atoms with Crippen LogP contribution in [0.25, 0.3) is 11.1 Å². The molecule has 3 nitrogen and oxygen atoms in total. The number of phenolic OH excluding ortho intramolecular Hbond substituents is 1. The van der Waals surface area contributed by atoms with Crippen molar-refractivity contribution in [2.24, 2.45) is 0 Å². The van der Waals surface area contributed by atoms with Crippen LogP contribution in [0.3, 0.4) is 0 Å². The minimum absolute atomic E-state index is 0.00778. The highest BCUT2D eigenvalue weighted by atomic mass is 16.5. The highest BCUT2D eigenvalue weighted by molar-refractivity contribution is 5.99. The van der Waals surface area contributed by atoms with Crippen molar-refractivity contribution in [2.75, 3.05) is 7.11 Å². The molecule has 3 heteroatoms. The van der Waals surface area contributed by atoms with E-state index in [0.29, 0.717) is 5.56 Å². The van der Waals surface area contributed by atoms with E-state index in [0.717, 1.165) is 22.4 Å². The Morgan fingerprint density at radius 1 is 1.21 bits per heavy atom. The fourth-order valence-corrected chi connectivity index (χ4v) is 2.27. The molecule has 98 valence electrons. The first-order chi connectivity index (χ1) is 9.04. The summed E-state index contributed by atoms with van der Waals surface area (Å²) < 4.78 is 5.31. The van der Waals surface area contributed by atoms with Crippen molar-refractivity contribution in [3.63, 3.8) is 0 Å². The lowest BCUT2D eigenvalue weighted by molar-refractivity contribution is 0.101. The van der Waals surface area contributed by atoms with Crippen LogP contribution in [0.2, 0.25) is 0 Å². The van der Waals surface area contributed by atoms with Gasteiger partial charge in [0.1, 0.15) is 11.5 Å². The first kappa shape index (κ1) is 13.1. The Morgan fingerprint density at radius 2 is 1.89 bits per heavy atom. The van der Waals surface area contributed by atoms with Crippen LogP contribution in [-0.4, -0.2) is 18.0 Å². The largest absolute Gasteiger partial charge is 0.507 e. The van der Waals surface area contributed by atoms with E-state index in [1.54, 1.807) is 13.2 Å². The normalized spacial score (nSPS) is 10.3. The Bertz CT molecular complexity index is 607. The van der Waals surface area contributed by atoms with Crippen molar-refractivity contribution in [3.05, 3.63) is 47.5 Å². The van der Waals surface area contributed by atoms with Crippen molar-refractivity contribution < 1.29 is 14.6 Å². The van der Waals surface area contributed by atoms with Gasteiger partial charge in [-0.05, 0) is 37.1 Å². The van der Waals surface area contributed by atoms with Crippen molar-refractivity contribution in [1.82, 2.24) is 0 Å². The molecule has 0 heterocycles. The second-order valence-corrected chi connectivity index (χ2v) is 4.44. The van der Waals surface area contributed by atoms with Crippen molar-refractivity contribution in [3.8, 4) is 22.6 Å². The number of para-hydroxylation sites is 1. The third kappa shape index (κ3) is 2.45. The number of carbonyl (C=O) groups excluding carboxylic acids is 1. The predicted molar refractivity (Wildman–Crippen MR) is 74.8 cm³/mol. The summed E-state index contributed by atoms with van der Waals surface area (Å²) in [6.45, 7) is 3.26. The molecule has 0 bridgehead atoms. The van der Waals surface area contributed by atoms with Gasteiger partial charge in [-0.2, -0.15) is 0 Å². The van der Waals surface area contributed by atoms with E-state index in [4.69, 9.17) is 4.74 Å². The lowest BCUT2D eigenvalue weighted by Crippen LogP contribution is -1.98. The van der Waals surface area contributed by atoms with Crippen molar-refractivity contribution in [1.29, 1.82) is 0 Å². The van der Waals surface area contributed by atoms with Gasteiger partial charge in [0, 0.05) is 5.56 Å². The number of ether oxygens (including phenoxy) is 1. The van der Waals surface area contributed by atoms with Gasteiger partial charge in [-0.15, -0.1) is 0 Å². The first-order valence-electron chi connectivity index (χ1n) is 6.02. The van der Waals surface area contributed by atoms with Crippen LogP contribution in [0.4, 0.5) is 0 Å². The molecule has 2 aromatic rings. The summed E-state index contributed by atoms with van der Waals surface area (Å²) in [5.74, 6) is 0.604. The Morgan fingerprint density at radius 3 is 2.47 bits per heavy atom. The third-order valence-electron chi connectivity index (χ3n) is 3.08. The minimum atomic E-state index is -0.137. The van der Waals surface area contributed by atoms with Crippen LogP contribution in [0, 0.1) is 6.92 Å². The number of aryl methyl sites for hydroxylation is 1. The maximum absolute atomic E-state index is 11.5. The average molecular weight is 256 g/mol. The molecule has 0 aliphatic rings. The van der Waals surface area contributed by atoms with E-state index >= 15 is 0 Å². The number of hydrogen-bond donors (Lipinski definition) is 1. The molecule has 19 heavy (non-hydrogen) atoms. The Labute approximate surface area is 112 Å². The van der Waals surface area contributed by atoms with Crippen LogP contribution in [0.1, 0.15) is 22.8 Å². The Hall–Kier alpha value is -2.29. The van der Waals surface area contributed by atoms with Crippen LogP contribution < -0.4 is 4.74 Å². The number of phenols is 1. The topological polar surface area (TPSA) is 46.5 Å². The second-order valence-electron chi connectivity index (χ2n) is 4.44. The van der Waals surface area contributed by atoms with Gasteiger partial charge in [-0.25, -0.2) is 0 Å². The zero-order chi connectivity index (χ0) is 14.0. The van der Waals surface area contributed by atoms with Gasteiger partial charge in [0.25, 0.3) is 0 Å². The number of ketones is 1. The standard InChI is InChI=1S/C16H16O3/c1-10-8-12(9-14(18)16(10)11(2)17)13-6-4-5-7-15(13)19-3/h4-9,18H,1-3H3. The van der Waals surface area contributed by atoms with Crippen LogP contribution in [0.5, 0.6) is 11.5 Å². The number of rotatable bonds is 3. The summed E-state index contributed by atoms with van der Waals surface area (Å²) in [5, 5.41) is 10.0. The zero-order valence-electron chi connectivity index (χ0n) is 11.2. The molecule has 0 atom stereocenters. The highest BCUT2D eigenvalue weighted by Gasteiger charge is 2.14. The number of aromatic hydroxyl groups is 1. The summed E-state index contributed by atoms with van der Waals surface area (Å²) in [6.07, 6.45) is 0. The molecule has 0 saturated carbocycles. The molecular weight excluding hydrogens is 240 g/mol. The lowest BCUT2D eigenvalue weighted by Gasteiger charge is -2.12. The lowest BCUT2D eigenvalue weighted by atomic mass is 9.96. The summed E-state index contributed by atoms with van der Waals surface area (Å²) in [7, 11) is 1.61. The molecule has 0 aromatic heterocycles. The summed E-state index contributed by atoms with van der Waals surface area (Å²) in [6, 6.07) is 11.1. The molecule has 0 aliphatic heterocycles. The quantitative estimate of drug-likeness (QED) is 0.854. The van der Waals surface area contributed by atoms with Gasteiger partial charge in [0.2, 0.25) is 0 Å². The third-order valence-corrected chi connectivity index (χ3v) is 3.08. The molecule has 0 unspecified atom stereocenters.